The number of ether oxygens (including phenoxy) is 2. The number of nitro benzene ring substituents is 1. The van der Waals surface area contributed by atoms with E-state index in [0.717, 1.165) is 14.9 Å². The molecule has 130 valence electrons. The zero-order valence-electron chi connectivity index (χ0n) is 13.1. The fourth-order valence-electron chi connectivity index (χ4n) is 1.81. The number of hydrogen-bond donors (Lipinski definition) is 1. The van der Waals surface area contributed by atoms with Gasteiger partial charge < -0.3 is 9.47 Å². The highest BCUT2D eigenvalue weighted by Gasteiger charge is 2.08. The Bertz CT molecular complexity index is 810. The Balaban J connectivity index is 1.85. The molecule has 1 N–H and O–H groups in total. The lowest BCUT2D eigenvalue weighted by atomic mass is 10.2. The first-order valence-electron chi connectivity index (χ1n) is 7.02. The number of hydrazone groups is 1. The molecule has 0 radical (unpaired) electrons. The van der Waals surface area contributed by atoms with E-state index in [0.29, 0.717) is 0 Å². The number of carbonyl (C=O) groups excluding carboxylic acids is 1. The van der Waals surface area contributed by atoms with Crippen molar-refractivity contribution in [1.82, 2.24) is 5.43 Å². The molecular weight excluding hydrogens is 441 g/mol. The molecule has 2 aromatic rings. The average molecular weight is 455 g/mol. The highest BCUT2D eigenvalue weighted by molar-refractivity contribution is 14.1. The van der Waals surface area contributed by atoms with Crippen LogP contribution in [0.5, 0.6) is 11.5 Å². The van der Waals surface area contributed by atoms with Crippen LogP contribution in [0.3, 0.4) is 0 Å². The summed E-state index contributed by atoms with van der Waals surface area (Å²) in [6.45, 7) is -0.307. The van der Waals surface area contributed by atoms with Gasteiger partial charge in [0, 0.05) is 6.07 Å². The molecule has 0 atom stereocenters. The first-order chi connectivity index (χ1) is 12.0. The Labute approximate surface area is 157 Å². The van der Waals surface area contributed by atoms with Crippen molar-refractivity contribution in [2.24, 2.45) is 5.10 Å². The third-order valence-corrected chi connectivity index (χ3v) is 3.82. The summed E-state index contributed by atoms with van der Waals surface area (Å²) in [7, 11) is 1.59. The highest BCUT2D eigenvalue weighted by Crippen LogP contribution is 2.21. The summed E-state index contributed by atoms with van der Waals surface area (Å²) in [5.41, 5.74) is 3.01. The molecule has 0 saturated heterocycles. The minimum absolute atomic E-state index is 0.106. The van der Waals surface area contributed by atoms with Crippen molar-refractivity contribution < 1.29 is 19.2 Å². The number of benzene rings is 2. The highest BCUT2D eigenvalue weighted by atomic mass is 127. The molecule has 0 bridgehead atoms. The summed E-state index contributed by atoms with van der Waals surface area (Å²) in [4.78, 5) is 21.8. The third kappa shape index (κ3) is 5.71. The maximum atomic E-state index is 11.7. The van der Waals surface area contributed by atoms with Gasteiger partial charge in [0.25, 0.3) is 11.6 Å². The molecule has 0 aliphatic heterocycles. The van der Waals surface area contributed by atoms with Crippen LogP contribution in [0, 0.1) is 13.7 Å². The topological polar surface area (TPSA) is 103 Å². The lowest BCUT2D eigenvalue weighted by molar-refractivity contribution is -0.384. The van der Waals surface area contributed by atoms with E-state index in [-0.39, 0.29) is 18.0 Å². The van der Waals surface area contributed by atoms with Crippen LogP contribution >= 0.6 is 22.6 Å². The van der Waals surface area contributed by atoms with Crippen LogP contribution in [-0.4, -0.2) is 30.8 Å². The van der Waals surface area contributed by atoms with Crippen LogP contribution < -0.4 is 14.9 Å². The monoisotopic (exact) mass is 455 g/mol. The van der Waals surface area contributed by atoms with E-state index in [2.05, 4.69) is 33.1 Å². The van der Waals surface area contributed by atoms with Crippen LogP contribution in [-0.2, 0) is 4.79 Å². The first-order valence-corrected chi connectivity index (χ1v) is 8.10. The maximum absolute atomic E-state index is 11.7. The molecule has 9 heteroatoms. The summed E-state index contributed by atoms with van der Waals surface area (Å²) in [6, 6.07) is 11.1. The van der Waals surface area contributed by atoms with E-state index in [4.69, 9.17) is 9.47 Å². The summed E-state index contributed by atoms with van der Waals surface area (Å²) in [5.74, 6) is 0.510. The standard InChI is InChI=1S/C16H14IN3O5/c1-24-15-6-5-11(7-14(15)17)9-18-19-16(21)10-25-13-4-2-3-12(8-13)20(22)23/h2-9H,10H2,1H3,(H,19,21). The van der Waals surface area contributed by atoms with Crippen molar-refractivity contribution in [3.8, 4) is 11.5 Å². The lowest BCUT2D eigenvalue weighted by Crippen LogP contribution is -2.24. The zero-order chi connectivity index (χ0) is 18.2. The van der Waals surface area contributed by atoms with Gasteiger partial charge in [0.1, 0.15) is 11.5 Å². The molecule has 0 fully saturated rings. The Morgan fingerprint density at radius 3 is 2.84 bits per heavy atom. The predicted molar refractivity (Wildman–Crippen MR) is 100 cm³/mol. The number of amides is 1. The minimum Gasteiger partial charge on any atom is -0.496 e. The summed E-state index contributed by atoms with van der Waals surface area (Å²) >= 11 is 2.14. The molecule has 2 aromatic carbocycles. The molecule has 8 nitrogen and oxygen atoms in total. The summed E-state index contributed by atoms with van der Waals surface area (Å²) < 4.78 is 11.3. The van der Waals surface area contributed by atoms with Crippen molar-refractivity contribution in [2.45, 2.75) is 0 Å². The smallest absolute Gasteiger partial charge is 0.277 e. The molecule has 1 amide bonds. The fourth-order valence-corrected chi connectivity index (χ4v) is 2.57. The van der Waals surface area contributed by atoms with Crippen molar-refractivity contribution >= 4 is 40.4 Å². The average Bonchev–Trinajstić information content (AvgIpc) is 2.60. The Kier molecular flexibility index (Phi) is 6.69. The van der Waals surface area contributed by atoms with Crippen molar-refractivity contribution in [2.75, 3.05) is 13.7 Å². The van der Waals surface area contributed by atoms with Crippen LogP contribution in [0.1, 0.15) is 5.56 Å². The number of rotatable bonds is 7. The number of nitrogens with zero attached hydrogens (tertiary/aromatic N) is 2. The molecular formula is C16H14IN3O5. The molecule has 2 rings (SSSR count). The zero-order valence-corrected chi connectivity index (χ0v) is 15.3. The van der Waals surface area contributed by atoms with Gasteiger partial charge in [0.2, 0.25) is 0 Å². The number of halogens is 1. The van der Waals surface area contributed by atoms with Gasteiger partial charge in [0.15, 0.2) is 6.61 Å². The fraction of sp³-hybridized carbons (Fsp3) is 0.125. The molecule has 25 heavy (non-hydrogen) atoms. The van der Waals surface area contributed by atoms with Gasteiger partial charge in [-0.2, -0.15) is 5.10 Å². The van der Waals surface area contributed by atoms with Gasteiger partial charge in [-0.1, -0.05) is 6.07 Å². The molecule has 0 heterocycles. The molecule has 0 spiro atoms. The number of hydrogen-bond acceptors (Lipinski definition) is 6. The summed E-state index contributed by atoms with van der Waals surface area (Å²) in [5, 5.41) is 14.5. The number of methoxy groups -OCH3 is 1. The van der Waals surface area contributed by atoms with Crippen LogP contribution in [0.15, 0.2) is 47.6 Å². The Morgan fingerprint density at radius 2 is 2.16 bits per heavy atom. The van der Waals surface area contributed by atoms with Gasteiger partial charge >= 0.3 is 0 Å². The molecule has 0 aliphatic rings. The number of nitrogens with one attached hydrogen (secondary N) is 1. The summed E-state index contributed by atoms with van der Waals surface area (Å²) in [6.07, 6.45) is 1.49. The Hall–Kier alpha value is -2.69. The van der Waals surface area contributed by atoms with E-state index in [1.165, 1.54) is 30.5 Å². The van der Waals surface area contributed by atoms with Gasteiger partial charge in [-0.15, -0.1) is 0 Å². The lowest BCUT2D eigenvalue weighted by Gasteiger charge is -2.05. The second-order valence-electron chi connectivity index (χ2n) is 4.73. The Morgan fingerprint density at radius 1 is 1.36 bits per heavy atom. The molecule has 0 aromatic heterocycles. The normalized spacial score (nSPS) is 10.5. The van der Waals surface area contributed by atoms with E-state index < -0.39 is 10.8 Å². The van der Waals surface area contributed by atoms with Gasteiger partial charge in [-0.3, -0.25) is 14.9 Å². The van der Waals surface area contributed by atoms with Crippen LogP contribution in [0.2, 0.25) is 0 Å². The van der Waals surface area contributed by atoms with Crippen LogP contribution in [0.4, 0.5) is 5.69 Å². The van der Waals surface area contributed by atoms with E-state index >= 15 is 0 Å². The first kappa shape index (κ1) is 18.6. The van der Waals surface area contributed by atoms with E-state index in [1.54, 1.807) is 19.2 Å². The quantitative estimate of drug-likeness (QED) is 0.300. The van der Waals surface area contributed by atoms with Crippen molar-refractivity contribution in [3.05, 3.63) is 61.7 Å². The SMILES string of the molecule is COc1ccc(C=NNC(=O)COc2cccc([N+](=O)[O-])c2)cc1I. The van der Waals surface area contributed by atoms with Gasteiger partial charge in [-0.25, -0.2) is 5.43 Å². The predicted octanol–water partition coefficient (Wildman–Crippen LogP) is 2.74. The third-order valence-electron chi connectivity index (χ3n) is 2.98. The minimum atomic E-state index is -0.534. The van der Waals surface area contributed by atoms with Crippen LogP contribution in [0.25, 0.3) is 0 Å². The number of non-ortho nitro benzene ring substituents is 1. The van der Waals surface area contributed by atoms with Gasteiger partial charge in [0.05, 0.1) is 27.9 Å². The van der Waals surface area contributed by atoms with Gasteiger partial charge in [-0.05, 0) is 52.4 Å². The van der Waals surface area contributed by atoms with E-state index in [9.17, 15) is 14.9 Å². The second-order valence-corrected chi connectivity index (χ2v) is 5.89. The number of nitro groups is 1. The number of carbonyl (C=O) groups is 1. The second kappa shape index (κ2) is 8.97. The molecule has 0 aliphatic carbocycles. The molecule has 0 saturated carbocycles. The maximum Gasteiger partial charge on any atom is 0.277 e. The van der Waals surface area contributed by atoms with E-state index in [1.807, 2.05) is 6.07 Å². The largest absolute Gasteiger partial charge is 0.496 e. The van der Waals surface area contributed by atoms with Crippen molar-refractivity contribution in [3.63, 3.8) is 0 Å². The van der Waals surface area contributed by atoms with Crippen molar-refractivity contribution in [1.29, 1.82) is 0 Å². The molecule has 0 unspecified atom stereocenters.